The molecule has 12 heteroatoms. The van der Waals surface area contributed by atoms with Crippen LogP contribution in [0.5, 0.6) is 0 Å². The van der Waals surface area contributed by atoms with E-state index < -0.39 is 34.5 Å². The predicted octanol–water partition coefficient (Wildman–Crippen LogP) is 4.72. The van der Waals surface area contributed by atoms with Gasteiger partial charge < -0.3 is 9.73 Å². The average Bonchev–Trinajstić information content (AvgIpc) is 3.53. The van der Waals surface area contributed by atoms with Crippen LogP contribution in [0.25, 0.3) is 21.3 Å². The summed E-state index contributed by atoms with van der Waals surface area (Å²) in [5.74, 6) is -1.81. The number of halogens is 1. The molecule has 5 rings (SSSR count). The number of amides is 1. The zero-order chi connectivity index (χ0) is 26.0. The molecule has 1 unspecified atom stereocenters. The molecule has 1 amide bonds. The van der Waals surface area contributed by atoms with E-state index in [4.69, 9.17) is 8.97 Å². The highest BCUT2D eigenvalue weighted by molar-refractivity contribution is 7.84. The lowest BCUT2D eigenvalue weighted by Crippen LogP contribution is -2.29. The Hall–Kier alpha value is -4.00. The van der Waals surface area contributed by atoms with Gasteiger partial charge in [0, 0.05) is 5.56 Å². The zero-order valence-electron chi connectivity index (χ0n) is 19.0. The topological polar surface area (TPSA) is 135 Å². The molecular weight excluding hydrogens is 519 g/mol. The van der Waals surface area contributed by atoms with E-state index in [-0.39, 0.29) is 17.3 Å². The van der Waals surface area contributed by atoms with Gasteiger partial charge >= 0.3 is 0 Å². The van der Waals surface area contributed by atoms with Crippen molar-refractivity contribution in [2.75, 3.05) is 0 Å². The number of aromatic nitrogens is 3. The van der Waals surface area contributed by atoms with Crippen molar-refractivity contribution < 1.29 is 26.6 Å². The van der Waals surface area contributed by atoms with Crippen LogP contribution in [-0.4, -0.2) is 34.1 Å². The first-order valence-electron chi connectivity index (χ1n) is 11.0. The van der Waals surface area contributed by atoms with Gasteiger partial charge in [-0.05, 0) is 41.0 Å². The monoisotopic (exact) mass is 538 g/mol. The number of carbonyl (C=O) groups excluding carboxylic acids is 1. The third-order valence-electron chi connectivity index (χ3n) is 5.44. The number of thiazole rings is 1. The van der Waals surface area contributed by atoms with Crippen LogP contribution in [0, 0.1) is 0 Å². The highest BCUT2D eigenvalue weighted by Crippen LogP contribution is 2.33. The third-order valence-corrected chi connectivity index (χ3v) is 7.13. The van der Waals surface area contributed by atoms with Crippen molar-refractivity contribution >= 4 is 37.6 Å². The second kappa shape index (κ2) is 10.2. The van der Waals surface area contributed by atoms with Gasteiger partial charge in [0.15, 0.2) is 11.8 Å². The molecule has 0 spiro atoms. The van der Waals surface area contributed by atoms with Crippen LogP contribution in [0.3, 0.4) is 0 Å². The number of carbonyl (C=O) groups is 1. The SMILES string of the molecule is O=C(NC(c1nnc(CS(=O)(=O)O)o1)c1nc2ccc(-c3ccccc3)cc2s1)c1ccc(CF)cc1. The number of nitrogens with one attached hydrogen (secondary N) is 1. The molecule has 0 saturated heterocycles. The normalized spacial score (nSPS) is 12.5. The van der Waals surface area contributed by atoms with E-state index in [1.54, 1.807) is 0 Å². The molecule has 188 valence electrons. The van der Waals surface area contributed by atoms with Crippen molar-refractivity contribution in [2.24, 2.45) is 0 Å². The summed E-state index contributed by atoms with van der Waals surface area (Å²) >= 11 is 1.30. The summed E-state index contributed by atoms with van der Waals surface area (Å²) in [6, 6.07) is 20.6. The van der Waals surface area contributed by atoms with E-state index in [0.29, 0.717) is 16.1 Å². The quantitative estimate of drug-likeness (QED) is 0.271. The lowest BCUT2D eigenvalue weighted by Gasteiger charge is -2.13. The fraction of sp³-hybridized carbons (Fsp3) is 0.120. The highest BCUT2D eigenvalue weighted by Gasteiger charge is 2.28. The van der Waals surface area contributed by atoms with Gasteiger partial charge in [-0.1, -0.05) is 48.5 Å². The molecule has 5 aromatic rings. The molecule has 3 aromatic carbocycles. The molecule has 2 N–H and O–H groups in total. The molecule has 0 bridgehead atoms. The second-order valence-electron chi connectivity index (χ2n) is 8.10. The first-order valence-corrected chi connectivity index (χ1v) is 13.4. The number of fused-ring (bicyclic) bond motifs is 1. The molecule has 9 nitrogen and oxygen atoms in total. The Labute approximate surface area is 214 Å². The highest BCUT2D eigenvalue weighted by atomic mass is 32.2. The van der Waals surface area contributed by atoms with Crippen LogP contribution in [0.4, 0.5) is 4.39 Å². The van der Waals surface area contributed by atoms with Crippen LogP contribution in [0.2, 0.25) is 0 Å². The molecule has 2 aromatic heterocycles. The van der Waals surface area contributed by atoms with Gasteiger partial charge in [0.05, 0.1) is 10.2 Å². The van der Waals surface area contributed by atoms with Crippen molar-refractivity contribution in [2.45, 2.75) is 18.5 Å². The number of nitrogens with zero attached hydrogens (tertiary/aromatic N) is 3. The molecule has 0 fully saturated rings. The Balaban J connectivity index is 1.52. The third kappa shape index (κ3) is 5.71. The van der Waals surface area contributed by atoms with Crippen LogP contribution in [0.1, 0.15) is 38.8 Å². The van der Waals surface area contributed by atoms with Gasteiger partial charge in [0.2, 0.25) is 11.8 Å². The van der Waals surface area contributed by atoms with E-state index in [2.05, 4.69) is 20.5 Å². The number of benzene rings is 3. The number of alkyl halides is 1. The van der Waals surface area contributed by atoms with Gasteiger partial charge in [-0.3, -0.25) is 9.35 Å². The Kier molecular flexibility index (Phi) is 6.78. The maximum Gasteiger partial charge on any atom is 0.273 e. The predicted molar refractivity (Wildman–Crippen MR) is 135 cm³/mol. The summed E-state index contributed by atoms with van der Waals surface area (Å²) in [5, 5.41) is 10.8. The summed E-state index contributed by atoms with van der Waals surface area (Å²) in [4.78, 5) is 17.7. The van der Waals surface area contributed by atoms with Gasteiger partial charge in [0.1, 0.15) is 11.7 Å². The summed E-state index contributed by atoms with van der Waals surface area (Å²) in [6.07, 6.45) is 0. The minimum atomic E-state index is -4.41. The lowest BCUT2D eigenvalue weighted by molar-refractivity contribution is 0.0937. The molecule has 37 heavy (non-hydrogen) atoms. The van der Waals surface area contributed by atoms with E-state index in [1.807, 2.05) is 48.5 Å². The Morgan fingerprint density at radius 1 is 1.03 bits per heavy atom. The van der Waals surface area contributed by atoms with Crippen LogP contribution < -0.4 is 5.32 Å². The maximum atomic E-state index is 13.0. The molecule has 0 aliphatic heterocycles. The fourth-order valence-corrected chi connectivity index (χ4v) is 5.14. The molecule has 0 aliphatic rings. The Morgan fingerprint density at radius 3 is 2.49 bits per heavy atom. The van der Waals surface area contributed by atoms with Crippen molar-refractivity contribution in [3.63, 3.8) is 0 Å². The zero-order valence-corrected chi connectivity index (χ0v) is 20.7. The lowest BCUT2D eigenvalue weighted by atomic mass is 10.1. The van der Waals surface area contributed by atoms with Crippen molar-refractivity contribution in [1.82, 2.24) is 20.5 Å². The van der Waals surface area contributed by atoms with E-state index >= 15 is 0 Å². The number of rotatable bonds is 8. The minimum Gasteiger partial charge on any atom is -0.421 e. The molecule has 1 atom stereocenters. The first-order chi connectivity index (χ1) is 17.8. The molecule has 0 radical (unpaired) electrons. The average molecular weight is 539 g/mol. The Morgan fingerprint density at radius 2 is 1.78 bits per heavy atom. The Bertz CT molecular complexity index is 1670. The smallest absolute Gasteiger partial charge is 0.273 e. The summed E-state index contributed by atoms with van der Waals surface area (Å²) in [7, 11) is -4.41. The summed E-state index contributed by atoms with van der Waals surface area (Å²) in [6.45, 7) is -0.653. The van der Waals surface area contributed by atoms with E-state index in [1.165, 1.54) is 35.6 Å². The largest absolute Gasteiger partial charge is 0.421 e. The summed E-state index contributed by atoms with van der Waals surface area (Å²) < 4.78 is 50.8. The molecule has 2 heterocycles. The van der Waals surface area contributed by atoms with Crippen LogP contribution in [0.15, 0.2) is 77.2 Å². The van der Waals surface area contributed by atoms with Crippen molar-refractivity contribution in [3.05, 3.63) is 101 Å². The molecule has 0 saturated carbocycles. The van der Waals surface area contributed by atoms with E-state index in [9.17, 15) is 17.6 Å². The van der Waals surface area contributed by atoms with Crippen LogP contribution >= 0.6 is 11.3 Å². The van der Waals surface area contributed by atoms with Crippen molar-refractivity contribution in [1.29, 1.82) is 0 Å². The van der Waals surface area contributed by atoms with Gasteiger partial charge in [-0.15, -0.1) is 21.5 Å². The maximum absolute atomic E-state index is 13.0. The number of hydrogen-bond acceptors (Lipinski definition) is 8. The van der Waals surface area contributed by atoms with Gasteiger partial charge in [-0.2, -0.15) is 8.42 Å². The van der Waals surface area contributed by atoms with Crippen molar-refractivity contribution in [3.8, 4) is 11.1 Å². The van der Waals surface area contributed by atoms with E-state index in [0.717, 1.165) is 15.8 Å². The second-order valence-corrected chi connectivity index (χ2v) is 10.6. The fourth-order valence-electron chi connectivity index (χ4n) is 3.66. The van der Waals surface area contributed by atoms with Gasteiger partial charge in [-0.25, -0.2) is 9.37 Å². The first kappa shape index (κ1) is 24.7. The molecular formula is C25H19FN4O5S2. The number of hydrogen-bond donors (Lipinski definition) is 2. The van der Waals surface area contributed by atoms with Crippen LogP contribution in [-0.2, 0) is 22.5 Å². The standard InChI is InChI=1S/C25H19FN4O5S2/c26-13-15-6-8-17(9-7-15)23(31)28-22(24-30-29-21(35-24)14-37(32,33)34)25-27-19-11-10-18(12-20(19)36-25)16-4-2-1-3-5-16/h1-12,22H,13-14H2,(H,28,31)(H,32,33,34). The molecule has 0 aliphatic carbocycles. The van der Waals surface area contributed by atoms with Gasteiger partial charge in [0.25, 0.3) is 16.0 Å². The minimum absolute atomic E-state index is 0.102. The summed E-state index contributed by atoms with van der Waals surface area (Å²) in [5.41, 5.74) is 3.41.